The van der Waals surface area contributed by atoms with Crippen molar-refractivity contribution in [3.63, 3.8) is 0 Å². The summed E-state index contributed by atoms with van der Waals surface area (Å²) in [6.45, 7) is 5.16. The monoisotopic (exact) mass is 337 g/mol. The Morgan fingerprint density at radius 2 is 2.17 bits per heavy atom. The molecule has 1 aromatic carbocycles. The normalized spacial score (nSPS) is 20.8. The highest BCUT2D eigenvalue weighted by molar-refractivity contribution is 6.31. The van der Waals surface area contributed by atoms with Crippen LogP contribution in [0.2, 0.25) is 5.02 Å². The van der Waals surface area contributed by atoms with Crippen molar-refractivity contribution in [3.05, 3.63) is 28.8 Å². The third-order valence-electron chi connectivity index (χ3n) is 4.19. The lowest BCUT2D eigenvalue weighted by molar-refractivity contribution is -0.126. The van der Waals surface area contributed by atoms with E-state index in [0.717, 1.165) is 24.9 Å². The summed E-state index contributed by atoms with van der Waals surface area (Å²) in [6, 6.07) is 5.76. The van der Waals surface area contributed by atoms with E-state index in [1.54, 1.807) is 12.1 Å². The first-order valence-corrected chi connectivity index (χ1v) is 8.41. The van der Waals surface area contributed by atoms with E-state index in [4.69, 9.17) is 11.6 Å². The molecule has 0 aliphatic carbocycles. The molecular weight excluding hydrogens is 314 g/mol. The van der Waals surface area contributed by atoms with Crippen LogP contribution < -0.4 is 16.0 Å². The third-order valence-corrected chi connectivity index (χ3v) is 4.60. The highest BCUT2D eigenvalue weighted by Crippen LogP contribution is 2.23. The Morgan fingerprint density at radius 1 is 1.39 bits per heavy atom. The predicted molar refractivity (Wildman–Crippen MR) is 92.6 cm³/mol. The van der Waals surface area contributed by atoms with Crippen LogP contribution in [0.1, 0.15) is 31.7 Å². The number of piperidine rings is 1. The Morgan fingerprint density at radius 3 is 2.91 bits per heavy atom. The molecule has 6 heteroatoms. The minimum atomic E-state index is -0.130. The van der Waals surface area contributed by atoms with Gasteiger partial charge in [0.2, 0.25) is 11.8 Å². The van der Waals surface area contributed by atoms with Gasteiger partial charge < -0.3 is 16.0 Å². The summed E-state index contributed by atoms with van der Waals surface area (Å²) in [5.74, 6) is -0.0380. The van der Waals surface area contributed by atoms with Crippen molar-refractivity contribution >= 4 is 29.1 Å². The molecule has 0 saturated carbocycles. The third kappa shape index (κ3) is 5.22. The highest BCUT2D eigenvalue weighted by Gasteiger charge is 2.24. The fourth-order valence-corrected chi connectivity index (χ4v) is 2.94. The van der Waals surface area contributed by atoms with Gasteiger partial charge in [-0.15, -0.1) is 0 Å². The number of carbonyl (C=O) groups is 2. The van der Waals surface area contributed by atoms with E-state index in [1.807, 2.05) is 13.0 Å². The van der Waals surface area contributed by atoms with Gasteiger partial charge in [-0.25, -0.2) is 0 Å². The molecule has 1 aliphatic rings. The van der Waals surface area contributed by atoms with Gasteiger partial charge in [0.25, 0.3) is 0 Å². The van der Waals surface area contributed by atoms with Crippen LogP contribution in [0.4, 0.5) is 5.69 Å². The number of carbonyl (C=O) groups excluding carboxylic acids is 2. The Kier molecular flexibility index (Phi) is 6.42. The number of hydrogen-bond acceptors (Lipinski definition) is 3. The second kappa shape index (κ2) is 8.31. The molecule has 0 radical (unpaired) electrons. The van der Waals surface area contributed by atoms with Crippen LogP contribution in [0, 0.1) is 12.8 Å². The van der Waals surface area contributed by atoms with Crippen LogP contribution >= 0.6 is 11.6 Å². The second-order valence-electron chi connectivity index (χ2n) is 6.08. The number of amides is 2. The molecule has 3 N–H and O–H groups in total. The van der Waals surface area contributed by atoms with Crippen molar-refractivity contribution < 1.29 is 9.59 Å². The molecule has 1 heterocycles. The number of rotatable bonds is 5. The molecule has 0 aromatic heterocycles. The largest absolute Gasteiger partial charge is 0.355 e. The smallest absolute Gasteiger partial charge is 0.226 e. The number of anilines is 1. The summed E-state index contributed by atoms with van der Waals surface area (Å²) in [4.78, 5) is 24.1. The highest BCUT2D eigenvalue weighted by atomic mass is 35.5. The minimum absolute atomic E-state index is 0.0458. The van der Waals surface area contributed by atoms with Crippen LogP contribution in [0.25, 0.3) is 0 Å². The van der Waals surface area contributed by atoms with Gasteiger partial charge in [0.15, 0.2) is 0 Å². The Balaban J connectivity index is 1.74. The zero-order valence-corrected chi connectivity index (χ0v) is 14.4. The summed E-state index contributed by atoms with van der Waals surface area (Å²) in [7, 11) is 0. The standard InChI is InChI=1S/C17H24ClN3O2/c1-11-10-13(6-8-19-11)17(23)20-9-7-16(22)21-15-5-3-4-14(18)12(15)2/h3-5,11,13,19H,6-10H2,1-2H3,(H,20,23)(H,21,22)/t11-,13-/m0/s1. The van der Waals surface area contributed by atoms with Crippen LogP contribution in [-0.2, 0) is 9.59 Å². The van der Waals surface area contributed by atoms with Crippen LogP contribution in [0.15, 0.2) is 18.2 Å². The molecule has 5 nitrogen and oxygen atoms in total. The number of halogens is 1. The predicted octanol–water partition coefficient (Wildman–Crippen LogP) is 2.48. The SMILES string of the molecule is Cc1c(Cl)cccc1NC(=O)CCNC(=O)[C@H]1CCN[C@@H](C)C1. The lowest BCUT2D eigenvalue weighted by atomic mass is 9.92. The quantitative estimate of drug-likeness (QED) is 0.773. The second-order valence-corrected chi connectivity index (χ2v) is 6.49. The fraction of sp³-hybridized carbons (Fsp3) is 0.529. The molecule has 1 fully saturated rings. The van der Waals surface area contributed by atoms with Gasteiger partial charge in [0.05, 0.1) is 0 Å². The first-order valence-electron chi connectivity index (χ1n) is 8.03. The maximum Gasteiger partial charge on any atom is 0.226 e. The van der Waals surface area contributed by atoms with E-state index in [1.165, 1.54) is 0 Å². The molecule has 2 amide bonds. The van der Waals surface area contributed by atoms with E-state index < -0.39 is 0 Å². The topological polar surface area (TPSA) is 70.2 Å². The first kappa shape index (κ1) is 17.8. The molecule has 2 atom stereocenters. The van der Waals surface area contributed by atoms with Crippen LogP contribution in [-0.4, -0.2) is 30.9 Å². The van der Waals surface area contributed by atoms with Gasteiger partial charge in [-0.1, -0.05) is 17.7 Å². The summed E-state index contributed by atoms with van der Waals surface area (Å²) in [5, 5.41) is 9.63. The van der Waals surface area contributed by atoms with E-state index >= 15 is 0 Å². The Labute approximate surface area is 142 Å². The summed E-state index contributed by atoms with van der Waals surface area (Å²) in [6.07, 6.45) is 1.95. The molecule has 0 bridgehead atoms. The lowest BCUT2D eigenvalue weighted by Gasteiger charge is -2.27. The first-order chi connectivity index (χ1) is 11.0. The van der Waals surface area contributed by atoms with Gasteiger partial charge in [-0.2, -0.15) is 0 Å². The average molecular weight is 338 g/mol. The van der Waals surface area contributed by atoms with Gasteiger partial charge >= 0.3 is 0 Å². The average Bonchev–Trinajstić information content (AvgIpc) is 2.52. The minimum Gasteiger partial charge on any atom is -0.355 e. The molecule has 126 valence electrons. The zero-order valence-electron chi connectivity index (χ0n) is 13.6. The van der Waals surface area contributed by atoms with Crippen molar-refractivity contribution in [3.8, 4) is 0 Å². The summed E-state index contributed by atoms with van der Waals surface area (Å²) in [5.41, 5.74) is 1.55. The van der Waals surface area contributed by atoms with Crippen molar-refractivity contribution in [2.24, 2.45) is 5.92 Å². The van der Waals surface area contributed by atoms with E-state index in [2.05, 4.69) is 22.9 Å². The van der Waals surface area contributed by atoms with E-state index in [9.17, 15) is 9.59 Å². The molecule has 0 unspecified atom stereocenters. The van der Waals surface area contributed by atoms with Gasteiger partial charge in [-0.3, -0.25) is 9.59 Å². The zero-order chi connectivity index (χ0) is 16.8. The van der Waals surface area contributed by atoms with Gasteiger partial charge in [0.1, 0.15) is 0 Å². The summed E-state index contributed by atoms with van der Waals surface area (Å²) < 4.78 is 0. The fourth-order valence-electron chi connectivity index (χ4n) is 2.77. The molecule has 23 heavy (non-hydrogen) atoms. The maximum absolute atomic E-state index is 12.1. The lowest BCUT2D eigenvalue weighted by Crippen LogP contribution is -2.42. The Bertz CT molecular complexity index is 577. The molecule has 1 aliphatic heterocycles. The molecular formula is C17H24ClN3O2. The van der Waals surface area contributed by atoms with E-state index in [0.29, 0.717) is 23.3 Å². The van der Waals surface area contributed by atoms with E-state index in [-0.39, 0.29) is 24.2 Å². The molecule has 1 aromatic rings. The number of hydrogen-bond donors (Lipinski definition) is 3. The number of nitrogens with one attached hydrogen (secondary N) is 3. The van der Waals surface area contributed by atoms with Crippen molar-refractivity contribution in [1.29, 1.82) is 0 Å². The molecule has 0 spiro atoms. The number of benzene rings is 1. The van der Waals surface area contributed by atoms with Crippen molar-refractivity contribution in [2.45, 2.75) is 39.2 Å². The maximum atomic E-state index is 12.1. The van der Waals surface area contributed by atoms with Crippen molar-refractivity contribution in [1.82, 2.24) is 10.6 Å². The Hall–Kier alpha value is -1.59. The molecule has 2 rings (SSSR count). The van der Waals surface area contributed by atoms with Crippen LogP contribution in [0.3, 0.4) is 0 Å². The van der Waals surface area contributed by atoms with Crippen molar-refractivity contribution in [2.75, 3.05) is 18.4 Å². The van der Waals surface area contributed by atoms with Crippen LogP contribution in [0.5, 0.6) is 0 Å². The van der Waals surface area contributed by atoms with Gasteiger partial charge in [-0.05, 0) is 50.9 Å². The van der Waals surface area contributed by atoms with Gasteiger partial charge in [0, 0.05) is 35.6 Å². The summed E-state index contributed by atoms with van der Waals surface area (Å²) >= 11 is 6.03. The molecule has 1 saturated heterocycles.